The Balaban J connectivity index is 1.36. The maximum absolute atomic E-state index is 13.1. The largest absolute Gasteiger partial charge is 0.426 e. The normalized spacial score (nSPS) is 11.0. The number of aromatic nitrogens is 1. The molecule has 0 radical (unpaired) electrons. The van der Waals surface area contributed by atoms with E-state index in [1.54, 1.807) is 67.8 Å². The highest BCUT2D eigenvalue weighted by atomic mass is 35.5. The van der Waals surface area contributed by atoms with E-state index < -0.39 is 5.97 Å². The SMILES string of the molecule is O=C(Cc1cn(C(=O)c2ccc(Cl)cc2)c2ccccc12)Oc1ccc(-c2cc(=S)ss2)cc1. The summed E-state index contributed by atoms with van der Waals surface area (Å²) < 4.78 is 7.98. The van der Waals surface area contributed by atoms with Crippen LogP contribution in [0.1, 0.15) is 15.9 Å². The molecule has 0 saturated heterocycles. The number of esters is 1. The molecule has 4 nitrogen and oxygen atoms in total. The number of hydrogen-bond acceptors (Lipinski definition) is 6. The predicted octanol–water partition coefficient (Wildman–Crippen LogP) is 7.65. The van der Waals surface area contributed by atoms with Crippen LogP contribution in [0.15, 0.2) is 85.1 Å². The molecule has 0 bridgehead atoms. The first-order valence-electron chi connectivity index (χ1n) is 10.3. The van der Waals surface area contributed by atoms with E-state index in [4.69, 9.17) is 28.6 Å². The Morgan fingerprint density at radius 3 is 2.38 bits per heavy atom. The molecule has 0 aliphatic carbocycles. The summed E-state index contributed by atoms with van der Waals surface area (Å²) in [6.07, 6.45) is 1.74. The van der Waals surface area contributed by atoms with Gasteiger partial charge < -0.3 is 4.74 Å². The lowest BCUT2D eigenvalue weighted by Gasteiger charge is -2.05. The minimum atomic E-state index is -0.402. The number of rotatable bonds is 5. The third kappa shape index (κ3) is 4.74. The van der Waals surface area contributed by atoms with Crippen LogP contribution in [0, 0.1) is 3.82 Å². The first kappa shape index (κ1) is 22.7. The smallest absolute Gasteiger partial charge is 0.315 e. The second-order valence-corrected chi connectivity index (χ2v) is 10.9. The minimum Gasteiger partial charge on any atom is -0.426 e. The van der Waals surface area contributed by atoms with Crippen LogP contribution in [-0.2, 0) is 11.2 Å². The lowest BCUT2D eigenvalue weighted by atomic mass is 10.1. The zero-order valence-corrected chi connectivity index (χ0v) is 20.8. The van der Waals surface area contributed by atoms with E-state index in [1.807, 2.05) is 42.5 Å². The van der Waals surface area contributed by atoms with E-state index in [-0.39, 0.29) is 12.3 Å². The fourth-order valence-electron chi connectivity index (χ4n) is 3.67. The number of para-hydroxylation sites is 1. The Kier molecular flexibility index (Phi) is 6.43. The van der Waals surface area contributed by atoms with Crippen LogP contribution in [0.3, 0.4) is 0 Å². The summed E-state index contributed by atoms with van der Waals surface area (Å²) in [5, 5.41) is 1.39. The number of halogens is 1. The van der Waals surface area contributed by atoms with Gasteiger partial charge in [-0.2, -0.15) is 0 Å². The third-order valence-electron chi connectivity index (χ3n) is 5.27. The van der Waals surface area contributed by atoms with Gasteiger partial charge in [0.05, 0.1) is 11.9 Å². The number of carbonyl (C=O) groups is 2. The second kappa shape index (κ2) is 9.64. The molecule has 34 heavy (non-hydrogen) atoms. The molecule has 0 aliphatic heterocycles. The van der Waals surface area contributed by atoms with Gasteiger partial charge in [0.25, 0.3) is 5.91 Å². The molecule has 3 aromatic carbocycles. The fourth-order valence-corrected chi connectivity index (χ4v) is 6.20. The molecule has 0 atom stereocenters. The predicted molar refractivity (Wildman–Crippen MR) is 141 cm³/mol. The van der Waals surface area contributed by atoms with Gasteiger partial charge >= 0.3 is 5.97 Å². The summed E-state index contributed by atoms with van der Waals surface area (Å²) in [5.74, 6) is -0.130. The molecule has 2 heterocycles. The molecule has 168 valence electrons. The number of fused-ring (bicyclic) bond motifs is 1. The molecular formula is C26H16ClNO3S3. The Morgan fingerprint density at radius 1 is 0.941 bits per heavy atom. The lowest BCUT2D eigenvalue weighted by molar-refractivity contribution is -0.133. The van der Waals surface area contributed by atoms with Gasteiger partial charge in [-0.25, -0.2) is 0 Å². The van der Waals surface area contributed by atoms with Gasteiger partial charge in [-0.1, -0.05) is 62.7 Å². The fraction of sp³-hybridized carbons (Fsp3) is 0.0385. The second-order valence-electron chi connectivity index (χ2n) is 7.52. The molecule has 2 aromatic heterocycles. The van der Waals surface area contributed by atoms with E-state index in [9.17, 15) is 9.59 Å². The van der Waals surface area contributed by atoms with Crippen LogP contribution in [-0.4, -0.2) is 16.4 Å². The summed E-state index contributed by atoms with van der Waals surface area (Å²) in [5.41, 5.74) is 2.99. The Bertz CT molecular complexity index is 1560. The van der Waals surface area contributed by atoms with Crippen molar-refractivity contribution in [3.8, 4) is 16.2 Å². The van der Waals surface area contributed by atoms with Gasteiger partial charge in [-0.3, -0.25) is 14.2 Å². The number of ether oxygens (including phenoxy) is 1. The highest BCUT2D eigenvalue weighted by Crippen LogP contribution is 2.30. The highest BCUT2D eigenvalue weighted by Gasteiger charge is 2.18. The Hall–Kier alpha value is -3.10. The monoisotopic (exact) mass is 521 g/mol. The van der Waals surface area contributed by atoms with E-state index in [1.165, 1.54) is 0 Å². The maximum atomic E-state index is 13.1. The van der Waals surface area contributed by atoms with Crippen molar-refractivity contribution >= 4 is 67.3 Å². The maximum Gasteiger partial charge on any atom is 0.315 e. The first-order chi connectivity index (χ1) is 16.5. The summed E-state index contributed by atoms with van der Waals surface area (Å²) in [6.45, 7) is 0. The number of hydrogen-bond donors (Lipinski definition) is 0. The molecule has 0 fully saturated rings. The van der Waals surface area contributed by atoms with Crippen LogP contribution in [0.4, 0.5) is 0 Å². The molecule has 0 amide bonds. The van der Waals surface area contributed by atoms with Crippen LogP contribution < -0.4 is 4.74 Å². The average molecular weight is 522 g/mol. The topological polar surface area (TPSA) is 48.3 Å². The highest BCUT2D eigenvalue weighted by molar-refractivity contribution is 7.80. The molecule has 5 aromatic rings. The minimum absolute atomic E-state index is 0.0368. The molecule has 8 heteroatoms. The van der Waals surface area contributed by atoms with Crippen molar-refractivity contribution in [2.45, 2.75) is 6.42 Å². The van der Waals surface area contributed by atoms with Crippen LogP contribution in [0.25, 0.3) is 21.3 Å². The van der Waals surface area contributed by atoms with Crippen LogP contribution in [0.5, 0.6) is 5.75 Å². The first-order valence-corrected chi connectivity index (χ1v) is 13.2. The average Bonchev–Trinajstić information content (AvgIpc) is 3.43. The number of benzene rings is 3. The van der Waals surface area contributed by atoms with E-state index in [0.717, 1.165) is 30.7 Å². The Labute approximate surface area is 213 Å². The van der Waals surface area contributed by atoms with E-state index in [0.29, 0.717) is 16.3 Å². The van der Waals surface area contributed by atoms with Crippen molar-refractivity contribution in [3.63, 3.8) is 0 Å². The summed E-state index contributed by atoms with van der Waals surface area (Å²) in [4.78, 5) is 26.9. The quantitative estimate of drug-likeness (QED) is 0.103. The summed E-state index contributed by atoms with van der Waals surface area (Å²) in [7, 11) is 3.18. The van der Waals surface area contributed by atoms with Gasteiger partial charge in [-0.15, -0.1) is 0 Å². The van der Waals surface area contributed by atoms with Crippen molar-refractivity contribution in [1.82, 2.24) is 4.57 Å². The zero-order valence-electron chi connectivity index (χ0n) is 17.6. The molecule has 0 spiro atoms. The molecule has 0 N–H and O–H groups in total. The van der Waals surface area contributed by atoms with Crippen molar-refractivity contribution in [2.24, 2.45) is 0 Å². The van der Waals surface area contributed by atoms with Crippen molar-refractivity contribution < 1.29 is 14.3 Å². The standard InChI is InChI=1S/C26H16ClNO3S3/c27-19-9-5-17(6-10-19)26(30)28-15-18(21-3-1-2-4-22(21)28)13-24(29)31-20-11-7-16(8-12-20)23-14-25(32)34-33-23/h1-12,14-15H,13H2. The van der Waals surface area contributed by atoms with E-state index in [2.05, 4.69) is 0 Å². The van der Waals surface area contributed by atoms with Gasteiger partial charge in [0.15, 0.2) is 0 Å². The zero-order chi connectivity index (χ0) is 23.7. The summed E-state index contributed by atoms with van der Waals surface area (Å²) >= 11 is 11.1. The van der Waals surface area contributed by atoms with Gasteiger partial charge in [-0.05, 0) is 71.8 Å². The van der Waals surface area contributed by atoms with Gasteiger partial charge in [0.2, 0.25) is 0 Å². The lowest BCUT2D eigenvalue weighted by Crippen LogP contribution is -2.12. The number of nitrogens with zero attached hydrogens (tertiary/aromatic N) is 1. The molecular weight excluding hydrogens is 506 g/mol. The van der Waals surface area contributed by atoms with Crippen molar-refractivity contribution in [3.05, 3.63) is 105 Å². The van der Waals surface area contributed by atoms with Crippen molar-refractivity contribution in [1.29, 1.82) is 0 Å². The molecule has 0 aliphatic rings. The van der Waals surface area contributed by atoms with Gasteiger partial charge in [0, 0.05) is 27.0 Å². The van der Waals surface area contributed by atoms with Crippen LogP contribution in [0.2, 0.25) is 5.02 Å². The van der Waals surface area contributed by atoms with Crippen molar-refractivity contribution in [2.75, 3.05) is 0 Å². The summed E-state index contributed by atoms with van der Waals surface area (Å²) in [6, 6.07) is 23.6. The van der Waals surface area contributed by atoms with Crippen LogP contribution >= 0.6 is 44.5 Å². The van der Waals surface area contributed by atoms with E-state index >= 15 is 0 Å². The molecule has 5 rings (SSSR count). The van der Waals surface area contributed by atoms with Gasteiger partial charge in [0.1, 0.15) is 9.57 Å². The molecule has 0 unspecified atom stereocenters. The third-order valence-corrected chi connectivity index (χ3v) is 8.43. The molecule has 0 saturated carbocycles. The Morgan fingerprint density at radius 2 is 1.68 bits per heavy atom. The number of carbonyl (C=O) groups excluding carboxylic acids is 2.